The molecule has 0 unspecified atom stereocenters. The summed E-state index contributed by atoms with van der Waals surface area (Å²) in [6.07, 6.45) is 0. The zero-order chi connectivity index (χ0) is 11.6. The van der Waals surface area contributed by atoms with E-state index in [0.717, 1.165) is 0 Å². The largest absolute Gasteiger partial charge is 0.391 e. The summed E-state index contributed by atoms with van der Waals surface area (Å²) >= 11 is 0. The van der Waals surface area contributed by atoms with Gasteiger partial charge < -0.3 is 5.11 Å². The number of nitro benzene ring substituents is 1. The number of aliphatic hydroxyl groups is 1. The van der Waals surface area contributed by atoms with Crippen LogP contribution in [0.2, 0.25) is 0 Å². The van der Waals surface area contributed by atoms with Crippen LogP contribution in [0.25, 0.3) is 0 Å². The van der Waals surface area contributed by atoms with Crippen LogP contribution in [0, 0.1) is 10.1 Å². The number of rotatable bonds is 3. The van der Waals surface area contributed by atoms with E-state index in [2.05, 4.69) is 20.7 Å². The van der Waals surface area contributed by atoms with E-state index >= 15 is 0 Å². The van der Waals surface area contributed by atoms with Crippen LogP contribution in [0.3, 0.4) is 0 Å². The smallest absolute Gasteiger partial charge is 0.269 e. The first-order valence-electron chi connectivity index (χ1n) is 4.38. The third-order valence-electron chi connectivity index (χ3n) is 2.20. The lowest BCUT2D eigenvalue weighted by Gasteiger charge is -2.16. The van der Waals surface area contributed by atoms with Crippen molar-refractivity contribution in [3.63, 3.8) is 0 Å². The van der Waals surface area contributed by atoms with Crippen molar-refractivity contribution in [1.29, 1.82) is 0 Å². The van der Waals surface area contributed by atoms with Gasteiger partial charge in [-0.3, -0.25) is 10.1 Å². The summed E-state index contributed by atoms with van der Waals surface area (Å²) in [4.78, 5) is 10.1. The van der Waals surface area contributed by atoms with Gasteiger partial charge in [0.05, 0.1) is 11.5 Å². The Bertz CT molecular complexity index is 472. The van der Waals surface area contributed by atoms with E-state index in [1.807, 2.05) is 0 Å². The fourth-order valence-electron chi connectivity index (χ4n) is 1.35. The zero-order valence-corrected chi connectivity index (χ0v) is 8.02. The van der Waals surface area contributed by atoms with Crippen LogP contribution in [0.15, 0.2) is 44.9 Å². The van der Waals surface area contributed by atoms with Gasteiger partial charge in [-0.25, -0.2) is 0 Å². The Hall–Kier alpha value is -2.22. The van der Waals surface area contributed by atoms with Gasteiger partial charge in [0, 0.05) is 17.7 Å². The maximum atomic E-state index is 10.6. The number of nitrogens with zero attached hydrogens (tertiary/aromatic N) is 5. The third-order valence-corrected chi connectivity index (χ3v) is 2.20. The van der Waals surface area contributed by atoms with E-state index in [1.54, 1.807) is 6.07 Å². The Morgan fingerprint density at radius 3 is 2.62 bits per heavy atom. The van der Waals surface area contributed by atoms with E-state index in [4.69, 9.17) is 0 Å². The number of benzene rings is 1. The summed E-state index contributed by atoms with van der Waals surface area (Å²) in [5, 5.41) is 33.8. The molecule has 0 saturated heterocycles. The van der Waals surface area contributed by atoms with Crippen molar-refractivity contribution in [2.45, 2.75) is 5.66 Å². The first-order chi connectivity index (χ1) is 7.68. The summed E-state index contributed by atoms with van der Waals surface area (Å²) in [7, 11) is 0. The van der Waals surface area contributed by atoms with Gasteiger partial charge in [0.25, 0.3) is 5.69 Å². The molecular weight excluding hydrogens is 214 g/mol. The summed E-state index contributed by atoms with van der Waals surface area (Å²) in [6, 6.07) is 5.71. The highest BCUT2D eigenvalue weighted by Crippen LogP contribution is 2.33. The molecule has 0 aromatic heterocycles. The lowest BCUT2D eigenvalue weighted by atomic mass is 10.0. The first-order valence-corrected chi connectivity index (χ1v) is 4.38. The molecule has 0 atom stereocenters. The molecule has 16 heavy (non-hydrogen) atoms. The lowest BCUT2D eigenvalue weighted by molar-refractivity contribution is -0.385. The van der Waals surface area contributed by atoms with Crippen molar-refractivity contribution in [3.8, 4) is 0 Å². The summed E-state index contributed by atoms with van der Waals surface area (Å²) in [6.45, 7) is -0.443. The average Bonchev–Trinajstić information content (AvgIpc) is 2.79. The van der Waals surface area contributed by atoms with Crippen LogP contribution in [0.1, 0.15) is 5.56 Å². The summed E-state index contributed by atoms with van der Waals surface area (Å²) < 4.78 is 0. The highest BCUT2D eigenvalue weighted by Gasteiger charge is 2.35. The van der Waals surface area contributed by atoms with Gasteiger partial charge in [0.1, 0.15) is 0 Å². The lowest BCUT2D eigenvalue weighted by Crippen LogP contribution is -2.23. The molecule has 1 heterocycles. The van der Waals surface area contributed by atoms with E-state index < -0.39 is 17.2 Å². The van der Waals surface area contributed by atoms with Crippen LogP contribution in [-0.2, 0) is 5.66 Å². The van der Waals surface area contributed by atoms with E-state index in [1.165, 1.54) is 18.2 Å². The molecule has 0 bridgehead atoms. The predicted molar refractivity (Wildman–Crippen MR) is 51.6 cm³/mol. The Balaban J connectivity index is 2.47. The molecule has 82 valence electrons. The fourth-order valence-corrected chi connectivity index (χ4v) is 1.35. The topological polar surface area (TPSA) is 113 Å². The molecule has 1 aliphatic heterocycles. The van der Waals surface area contributed by atoms with Crippen molar-refractivity contribution < 1.29 is 10.0 Å². The minimum atomic E-state index is -1.33. The number of non-ortho nitro benzene ring substituents is 1. The van der Waals surface area contributed by atoms with Crippen molar-refractivity contribution in [2.24, 2.45) is 20.7 Å². The van der Waals surface area contributed by atoms with Gasteiger partial charge in [0.2, 0.25) is 5.66 Å². The van der Waals surface area contributed by atoms with Crippen LogP contribution in [-0.4, -0.2) is 16.6 Å². The maximum absolute atomic E-state index is 10.6. The monoisotopic (exact) mass is 221 g/mol. The molecule has 1 aromatic carbocycles. The van der Waals surface area contributed by atoms with Crippen molar-refractivity contribution >= 4 is 5.69 Å². The third kappa shape index (κ3) is 1.54. The zero-order valence-electron chi connectivity index (χ0n) is 8.02. The Labute approximate surface area is 89.5 Å². The van der Waals surface area contributed by atoms with E-state index in [-0.39, 0.29) is 5.69 Å². The first kappa shape index (κ1) is 10.3. The Morgan fingerprint density at radius 1 is 1.38 bits per heavy atom. The molecule has 8 nitrogen and oxygen atoms in total. The van der Waals surface area contributed by atoms with Crippen LogP contribution >= 0.6 is 0 Å². The van der Waals surface area contributed by atoms with E-state index in [9.17, 15) is 15.2 Å². The molecule has 8 heteroatoms. The highest BCUT2D eigenvalue weighted by atomic mass is 16.6. The molecule has 0 saturated carbocycles. The predicted octanol–water partition coefficient (Wildman–Crippen LogP) is 1.57. The number of hydrogen-bond acceptors (Lipinski definition) is 7. The van der Waals surface area contributed by atoms with Gasteiger partial charge in [-0.2, -0.15) is 0 Å². The Kier molecular flexibility index (Phi) is 2.41. The van der Waals surface area contributed by atoms with Gasteiger partial charge in [-0.05, 0) is 10.4 Å². The standard InChI is InChI=1S/C8H7N5O3/c14-5-8(9-11-12-10-8)6-2-1-3-7(4-6)13(15)16/h1-4,14H,5H2. The highest BCUT2D eigenvalue weighted by molar-refractivity contribution is 5.38. The molecule has 1 aromatic rings. The SMILES string of the molecule is O=[N+]([O-])c1cccc(C2(CO)N=NN=N2)c1. The van der Waals surface area contributed by atoms with Crippen molar-refractivity contribution in [2.75, 3.05) is 6.61 Å². The number of aliphatic hydroxyl groups excluding tert-OH is 1. The molecule has 0 amide bonds. The molecule has 0 spiro atoms. The Morgan fingerprint density at radius 2 is 2.06 bits per heavy atom. The van der Waals surface area contributed by atoms with Crippen LogP contribution in [0.4, 0.5) is 5.69 Å². The molecular formula is C8H7N5O3. The minimum absolute atomic E-state index is 0.0948. The second kappa shape index (κ2) is 3.74. The maximum Gasteiger partial charge on any atom is 0.269 e. The van der Waals surface area contributed by atoms with E-state index in [0.29, 0.717) is 5.56 Å². The summed E-state index contributed by atoms with van der Waals surface area (Å²) in [5.41, 5.74) is -1.04. The average molecular weight is 221 g/mol. The number of nitro groups is 1. The second-order valence-corrected chi connectivity index (χ2v) is 3.16. The molecule has 1 aliphatic rings. The summed E-state index contributed by atoms with van der Waals surface area (Å²) in [5.74, 6) is 0. The van der Waals surface area contributed by atoms with Gasteiger partial charge in [-0.15, -0.1) is 10.2 Å². The van der Waals surface area contributed by atoms with Gasteiger partial charge >= 0.3 is 0 Å². The molecule has 0 radical (unpaired) electrons. The fraction of sp³-hybridized carbons (Fsp3) is 0.250. The van der Waals surface area contributed by atoms with Crippen molar-refractivity contribution in [1.82, 2.24) is 0 Å². The van der Waals surface area contributed by atoms with Crippen LogP contribution in [0.5, 0.6) is 0 Å². The quantitative estimate of drug-likeness (QED) is 0.617. The normalized spacial score (nSPS) is 16.6. The molecule has 0 fully saturated rings. The van der Waals surface area contributed by atoms with Crippen LogP contribution < -0.4 is 0 Å². The minimum Gasteiger partial charge on any atom is -0.391 e. The van der Waals surface area contributed by atoms with Gasteiger partial charge in [-0.1, -0.05) is 12.1 Å². The van der Waals surface area contributed by atoms with Gasteiger partial charge in [0.15, 0.2) is 0 Å². The molecule has 1 N–H and O–H groups in total. The van der Waals surface area contributed by atoms with Crippen molar-refractivity contribution in [3.05, 3.63) is 39.9 Å². The molecule has 2 rings (SSSR count). The number of hydrogen-bond donors (Lipinski definition) is 1. The second-order valence-electron chi connectivity index (χ2n) is 3.16. The molecule has 0 aliphatic carbocycles.